The van der Waals surface area contributed by atoms with Crippen molar-refractivity contribution in [3.8, 4) is 0 Å². The summed E-state index contributed by atoms with van der Waals surface area (Å²) in [5, 5.41) is 18.9. The Morgan fingerprint density at radius 1 is 1.70 bits per heavy atom. The van der Waals surface area contributed by atoms with E-state index < -0.39 is 18.4 Å². The fraction of sp³-hybridized carbons (Fsp3) is 0.545. The Hall–Kier alpha value is -1.97. The Morgan fingerprint density at radius 3 is 3.10 bits per heavy atom. The minimum absolute atomic E-state index is 0.0136. The molecule has 0 spiro atoms. The van der Waals surface area contributed by atoms with Crippen molar-refractivity contribution in [2.24, 2.45) is 7.05 Å². The number of nitrogens with zero attached hydrogens (tertiary/aromatic N) is 3. The molecule has 3 heterocycles. The zero-order chi connectivity index (χ0) is 14.4. The molecule has 1 saturated heterocycles. The number of hydrogen-bond acceptors (Lipinski definition) is 6. The molecule has 0 saturated carbocycles. The van der Waals surface area contributed by atoms with Crippen LogP contribution < -0.4 is 15.9 Å². The second kappa shape index (κ2) is 4.54. The maximum absolute atomic E-state index is 11.9. The number of ether oxygens (including phenoxy) is 1. The van der Waals surface area contributed by atoms with Crippen LogP contribution in [0.2, 0.25) is 0 Å². The number of aliphatic hydroxyl groups is 2. The van der Waals surface area contributed by atoms with Gasteiger partial charge in [-0.05, 0) is 0 Å². The summed E-state index contributed by atoms with van der Waals surface area (Å²) >= 11 is 0. The molecule has 3 atom stereocenters. The Bertz CT molecular complexity index is 709. The van der Waals surface area contributed by atoms with Crippen LogP contribution in [0.5, 0.6) is 0 Å². The van der Waals surface area contributed by atoms with E-state index in [-0.39, 0.29) is 18.1 Å². The van der Waals surface area contributed by atoms with Crippen LogP contribution in [0.4, 0.5) is 5.95 Å². The first-order valence-corrected chi connectivity index (χ1v) is 6.21. The molecular formula is C11H16N5O4+. The van der Waals surface area contributed by atoms with Gasteiger partial charge >= 0.3 is 5.65 Å². The molecular weight excluding hydrogens is 266 g/mol. The normalized spacial score (nSPS) is 26.4. The van der Waals surface area contributed by atoms with Crippen molar-refractivity contribution < 1.29 is 19.5 Å². The smallest absolute Gasteiger partial charge is 0.313 e. The van der Waals surface area contributed by atoms with E-state index in [1.807, 2.05) is 0 Å². The molecule has 2 aromatic rings. The second-order valence-corrected chi connectivity index (χ2v) is 4.87. The van der Waals surface area contributed by atoms with Crippen molar-refractivity contribution in [2.45, 2.75) is 24.9 Å². The fourth-order valence-corrected chi connectivity index (χ4v) is 2.53. The quantitative estimate of drug-likeness (QED) is 0.461. The van der Waals surface area contributed by atoms with Crippen LogP contribution in [0.25, 0.3) is 11.2 Å². The molecule has 0 radical (unpaired) electrons. The topological polar surface area (TPSA) is 130 Å². The van der Waals surface area contributed by atoms with E-state index in [4.69, 9.17) is 15.6 Å². The molecule has 9 heteroatoms. The van der Waals surface area contributed by atoms with Crippen LogP contribution in [0.15, 0.2) is 11.1 Å². The molecule has 0 amide bonds. The SMILES string of the molecule is Cn1c[n+](C2CC(O)C(CO)O2)c2nc(N)[nH]c(=O)c21. The number of nitrogen functional groups attached to an aromatic ring is 1. The van der Waals surface area contributed by atoms with Gasteiger partial charge in [-0.2, -0.15) is 0 Å². The third kappa shape index (κ3) is 1.87. The van der Waals surface area contributed by atoms with Gasteiger partial charge in [0, 0.05) is 6.42 Å². The number of fused-ring (bicyclic) bond motifs is 1. The molecule has 20 heavy (non-hydrogen) atoms. The van der Waals surface area contributed by atoms with Gasteiger partial charge in [-0.15, -0.1) is 0 Å². The molecule has 1 aliphatic heterocycles. The summed E-state index contributed by atoms with van der Waals surface area (Å²) in [6, 6.07) is 0. The van der Waals surface area contributed by atoms with Gasteiger partial charge in [0.25, 0.3) is 11.5 Å². The molecule has 1 fully saturated rings. The first-order chi connectivity index (χ1) is 9.51. The average molecular weight is 282 g/mol. The van der Waals surface area contributed by atoms with Crippen molar-refractivity contribution in [1.82, 2.24) is 14.5 Å². The van der Waals surface area contributed by atoms with Crippen LogP contribution in [-0.2, 0) is 11.8 Å². The molecule has 0 bridgehead atoms. The number of imidazole rings is 1. The van der Waals surface area contributed by atoms with Crippen molar-refractivity contribution >= 4 is 17.1 Å². The molecule has 3 unspecified atom stereocenters. The zero-order valence-corrected chi connectivity index (χ0v) is 10.9. The molecule has 1 aliphatic rings. The number of aliphatic hydroxyl groups excluding tert-OH is 2. The summed E-state index contributed by atoms with van der Waals surface area (Å²) < 4.78 is 8.82. The lowest BCUT2D eigenvalue weighted by Gasteiger charge is -2.10. The number of nitrogens with two attached hydrogens (primary N) is 1. The van der Waals surface area contributed by atoms with Gasteiger partial charge < -0.3 is 20.7 Å². The molecule has 0 aromatic carbocycles. The fourth-order valence-electron chi connectivity index (χ4n) is 2.53. The third-order valence-electron chi connectivity index (χ3n) is 3.48. The first kappa shape index (κ1) is 13.0. The van der Waals surface area contributed by atoms with Crippen LogP contribution in [-0.4, -0.2) is 43.6 Å². The molecule has 0 aliphatic carbocycles. The minimum atomic E-state index is -0.757. The Morgan fingerprint density at radius 2 is 2.45 bits per heavy atom. The molecule has 2 aromatic heterocycles. The van der Waals surface area contributed by atoms with Gasteiger partial charge in [0.1, 0.15) is 6.10 Å². The number of nitrogens with one attached hydrogen (secondary N) is 1. The number of aromatic nitrogens is 4. The van der Waals surface area contributed by atoms with E-state index >= 15 is 0 Å². The highest BCUT2D eigenvalue weighted by atomic mass is 16.5. The molecule has 3 rings (SSSR count). The highest BCUT2D eigenvalue weighted by Crippen LogP contribution is 2.25. The maximum atomic E-state index is 11.9. The number of hydrogen-bond donors (Lipinski definition) is 4. The Balaban J connectivity index is 2.11. The minimum Gasteiger partial charge on any atom is -0.394 e. The van der Waals surface area contributed by atoms with Crippen LogP contribution >= 0.6 is 0 Å². The van der Waals surface area contributed by atoms with E-state index in [2.05, 4.69) is 9.97 Å². The second-order valence-electron chi connectivity index (χ2n) is 4.87. The van der Waals surface area contributed by atoms with E-state index in [0.717, 1.165) is 0 Å². The highest BCUT2D eigenvalue weighted by Gasteiger charge is 2.38. The van der Waals surface area contributed by atoms with Crippen LogP contribution in [0.3, 0.4) is 0 Å². The van der Waals surface area contributed by atoms with Crippen molar-refractivity contribution in [2.75, 3.05) is 12.3 Å². The van der Waals surface area contributed by atoms with Crippen LogP contribution in [0.1, 0.15) is 12.6 Å². The van der Waals surface area contributed by atoms with E-state index in [1.54, 1.807) is 22.5 Å². The monoisotopic (exact) mass is 282 g/mol. The summed E-state index contributed by atoms with van der Waals surface area (Å²) in [4.78, 5) is 18.4. The number of rotatable bonds is 2. The molecule has 5 N–H and O–H groups in total. The van der Waals surface area contributed by atoms with E-state index in [1.165, 1.54) is 0 Å². The summed E-state index contributed by atoms with van der Waals surface area (Å²) in [5.74, 6) is 0.0136. The third-order valence-corrected chi connectivity index (χ3v) is 3.48. The van der Waals surface area contributed by atoms with Gasteiger partial charge in [-0.1, -0.05) is 4.98 Å². The maximum Gasteiger partial charge on any atom is 0.313 e. The lowest BCUT2D eigenvalue weighted by atomic mass is 10.2. The van der Waals surface area contributed by atoms with Gasteiger partial charge in [0.15, 0.2) is 12.6 Å². The van der Waals surface area contributed by atoms with E-state index in [9.17, 15) is 9.90 Å². The predicted octanol–water partition coefficient (Wildman–Crippen LogP) is -2.23. The summed E-state index contributed by atoms with van der Waals surface area (Å²) in [6.45, 7) is -0.265. The highest BCUT2D eigenvalue weighted by molar-refractivity contribution is 5.66. The molecule has 9 nitrogen and oxygen atoms in total. The predicted molar refractivity (Wildman–Crippen MR) is 67.6 cm³/mol. The van der Waals surface area contributed by atoms with Gasteiger partial charge in [0.05, 0.1) is 19.8 Å². The van der Waals surface area contributed by atoms with Gasteiger partial charge in [0.2, 0.25) is 5.52 Å². The number of H-pyrrole nitrogens is 1. The standard InChI is InChI=1S/C11H15N5O4/c1-15-4-16(7-2-5(18)6(3-17)20-7)9-8(15)10(19)14-11(12)13-9/h4-7,17-18H,2-3H2,1H3,(H2-,12,13,14,19)/p+1. The summed E-state index contributed by atoms with van der Waals surface area (Å²) in [5.41, 5.74) is 5.97. The van der Waals surface area contributed by atoms with Crippen LogP contribution in [0, 0.1) is 0 Å². The Kier molecular flexibility index (Phi) is 2.96. The number of anilines is 1. The summed E-state index contributed by atoms with van der Waals surface area (Å²) in [6.07, 6.45) is 0.0705. The number of aryl methyl sites for hydroxylation is 1. The largest absolute Gasteiger partial charge is 0.394 e. The zero-order valence-electron chi connectivity index (χ0n) is 10.9. The average Bonchev–Trinajstić information content (AvgIpc) is 2.90. The lowest BCUT2D eigenvalue weighted by molar-refractivity contribution is -0.739. The molecule has 108 valence electrons. The van der Waals surface area contributed by atoms with Crippen molar-refractivity contribution in [3.63, 3.8) is 0 Å². The Labute approximate surface area is 113 Å². The van der Waals surface area contributed by atoms with Gasteiger partial charge in [-0.3, -0.25) is 14.3 Å². The van der Waals surface area contributed by atoms with Crippen molar-refractivity contribution in [3.05, 3.63) is 16.7 Å². The van der Waals surface area contributed by atoms with E-state index in [0.29, 0.717) is 17.6 Å². The number of aromatic amines is 1. The van der Waals surface area contributed by atoms with Crippen molar-refractivity contribution in [1.29, 1.82) is 0 Å². The lowest BCUT2D eigenvalue weighted by Crippen LogP contribution is -2.39. The summed E-state index contributed by atoms with van der Waals surface area (Å²) in [7, 11) is 1.71. The first-order valence-electron chi connectivity index (χ1n) is 6.21. The van der Waals surface area contributed by atoms with Gasteiger partial charge in [-0.25, -0.2) is 4.57 Å².